The number of nitrogen functional groups attached to an aromatic ring is 1. The number of aromatic nitrogens is 2. The van der Waals surface area contributed by atoms with Gasteiger partial charge < -0.3 is 11.1 Å². The summed E-state index contributed by atoms with van der Waals surface area (Å²) in [6, 6.07) is 5.96. The van der Waals surface area contributed by atoms with Crippen molar-refractivity contribution < 1.29 is 4.39 Å². The van der Waals surface area contributed by atoms with E-state index in [1.54, 1.807) is 0 Å². The molecule has 0 aliphatic rings. The quantitative estimate of drug-likeness (QED) is 0.819. The van der Waals surface area contributed by atoms with E-state index >= 15 is 0 Å². The molecule has 0 aliphatic heterocycles. The molecule has 0 atom stereocenters. The van der Waals surface area contributed by atoms with E-state index in [4.69, 9.17) is 11.0 Å². The van der Waals surface area contributed by atoms with Crippen LogP contribution in [0.15, 0.2) is 30.6 Å². The Bertz CT molecular complexity index is 591. The monoisotopic (exact) mass is 229 g/mol. The summed E-state index contributed by atoms with van der Waals surface area (Å²) in [5.74, 6) is 0.0472. The summed E-state index contributed by atoms with van der Waals surface area (Å²) in [4.78, 5) is 7.74. The second-order valence-electron chi connectivity index (χ2n) is 3.26. The van der Waals surface area contributed by atoms with Crippen LogP contribution in [0.4, 0.5) is 21.7 Å². The molecule has 84 valence electrons. The number of halogens is 1. The van der Waals surface area contributed by atoms with E-state index in [1.165, 1.54) is 24.5 Å². The Balaban J connectivity index is 2.28. The van der Waals surface area contributed by atoms with Crippen LogP contribution in [0, 0.1) is 17.1 Å². The van der Waals surface area contributed by atoms with Crippen LogP contribution in [-0.4, -0.2) is 9.97 Å². The first-order valence-corrected chi connectivity index (χ1v) is 4.73. The number of nitrogens with zero attached hydrogens (tertiary/aromatic N) is 3. The van der Waals surface area contributed by atoms with Gasteiger partial charge in [0.15, 0.2) is 5.82 Å². The van der Waals surface area contributed by atoms with E-state index in [0.717, 1.165) is 6.07 Å². The van der Waals surface area contributed by atoms with Gasteiger partial charge in [-0.3, -0.25) is 4.98 Å². The molecule has 0 saturated carbocycles. The summed E-state index contributed by atoms with van der Waals surface area (Å²) in [6.45, 7) is 0. The molecule has 0 aliphatic carbocycles. The Labute approximate surface area is 96.7 Å². The maximum absolute atomic E-state index is 13.5. The summed E-state index contributed by atoms with van der Waals surface area (Å²) in [6.07, 6.45) is 2.81. The normalized spacial score (nSPS) is 9.65. The van der Waals surface area contributed by atoms with Gasteiger partial charge in [-0.25, -0.2) is 9.37 Å². The number of hydrogen-bond acceptors (Lipinski definition) is 5. The average molecular weight is 229 g/mol. The molecule has 0 radical (unpaired) electrons. The molecule has 0 fully saturated rings. The SMILES string of the molecule is N#Cc1ccc(Nc2cncc(N)n2)c(F)c1. The van der Waals surface area contributed by atoms with Gasteiger partial charge in [0, 0.05) is 0 Å². The zero-order valence-electron chi connectivity index (χ0n) is 8.68. The van der Waals surface area contributed by atoms with Crippen LogP contribution in [0.25, 0.3) is 0 Å². The number of benzene rings is 1. The lowest BCUT2D eigenvalue weighted by atomic mass is 10.2. The van der Waals surface area contributed by atoms with E-state index in [0.29, 0.717) is 5.82 Å². The molecule has 3 N–H and O–H groups in total. The largest absolute Gasteiger partial charge is 0.382 e. The molecular formula is C11H8FN5. The van der Waals surface area contributed by atoms with Gasteiger partial charge in [0.1, 0.15) is 11.6 Å². The summed E-state index contributed by atoms with van der Waals surface area (Å²) < 4.78 is 13.5. The maximum atomic E-state index is 13.5. The van der Waals surface area contributed by atoms with Crippen molar-refractivity contribution in [2.75, 3.05) is 11.1 Å². The van der Waals surface area contributed by atoms with E-state index in [9.17, 15) is 4.39 Å². The molecule has 1 heterocycles. The van der Waals surface area contributed by atoms with E-state index in [-0.39, 0.29) is 17.1 Å². The molecule has 0 amide bonds. The highest BCUT2D eigenvalue weighted by Gasteiger charge is 2.04. The summed E-state index contributed by atoms with van der Waals surface area (Å²) in [7, 11) is 0. The molecule has 0 bridgehead atoms. The Morgan fingerprint density at radius 1 is 1.35 bits per heavy atom. The molecule has 2 rings (SSSR count). The van der Waals surface area contributed by atoms with E-state index in [2.05, 4.69) is 15.3 Å². The van der Waals surface area contributed by atoms with Crippen molar-refractivity contribution in [3.63, 3.8) is 0 Å². The minimum atomic E-state index is -0.534. The predicted molar refractivity (Wildman–Crippen MR) is 60.8 cm³/mol. The van der Waals surface area contributed by atoms with Crippen LogP contribution in [0.1, 0.15) is 5.56 Å². The minimum absolute atomic E-state index is 0.212. The molecular weight excluding hydrogens is 221 g/mol. The molecule has 0 unspecified atom stereocenters. The fourth-order valence-corrected chi connectivity index (χ4v) is 1.27. The van der Waals surface area contributed by atoms with Crippen molar-refractivity contribution in [1.82, 2.24) is 9.97 Å². The van der Waals surface area contributed by atoms with Gasteiger partial charge in [0.2, 0.25) is 0 Å². The van der Waals surface area contributed by atoms with Crippen LogP contribution >= 0.6 is 0 Å². The number of anilines is 3. The fourth-order valence-electron chi connectivity index (χ4n) is 1.27. The standard InChI is InChI=1S/C11H8FN5/c12-8-3-7(4-13)1-2-9(8)16-11-6-15-5-10(14)17-11/h1-3,5-6H,(H3,14,16,17). The number of hydrogen-bond donors (Lipinski definition) is 2. The van der Waals surface area contributed by atoms with Crippen molar-refractivity contribution in [3.05, 3.63) is 42.0 Å². The van der Waals surface area contributed by atoms with Gasteiger partial charge >= 0.3 is 0 Å². The molecule has 1 aromatic carbocycles. The van der Waals surface area contributed by atoms with Crippen LogP contribution in [0.5, 0.6) is 0 Å². The number of nitrogens with one attached hydrogen (secondary N) is 1. The molecule has 5 nitrogen and oxygen atoms in total. The van der Waals surface area contributed by atoms with E-state index in [1.807, 2.05) is 6.07 Å². The van der Waals surface area contributed by atoms with Crippen molar-refractivity contribution in [2.24, 2.45) is 0 Å². The first-order chi connectivity index (χ1) is 8.19. The van der Waals surface area contributed by atoms with E-state index < -0.39 is 5.82 Å². The summed E-state index contributed by atoms with van der Waals surface area (Å²) in [5, 5.41) is 11.3. The van der Waals surface area contributed by atoms with Crippen molar-refractivity contribution in [3.8, 4) is 6.07 Å². The highest BCUT2D eigenvalue weighted by atomic mass is 19.1. The van der Waals surface area contributed by atoms with Crippen LogP contribution in [0.3, 0.4) is 0 Å². The Hall–Kier alpha value is -2.68. The molecule has 0 saturated heterocycles. The lowest BCUT2D eigenvalue weighted by Gasteiger charge is -2.06. The van der Waals surface area contributed by atoms with Gasteiger partial charge in [-0.1, -0.05) is 0 Å². The highest BCUT2D eigenvalue weighted by Crippen LogP contribution is 2.19. The van der Waals surface area contributed by atoms with Gasteiger partial charge in [0.25, 0.3) is 0 Å². The smallest absolute Gasteiger partial charge is 0.151 e. The predicted octanol–water partition coefficient (Wildman–Crippen LogP) is 1.81. The second-order valence-corrected chi connectivity index (χ2v) is 3.26. The van der Waals surface area contributed by atoms with Crippen molar-refractivity contribution in [2.45, 2.75) is 0 Å². The van der Waals surface area contributed by atoms with Gasteiger partial charge in [-0.2, -0.15) is 5.26 Å². The third-order valence-electron chi connectivity index (χ3n) is 2.01. The van der Waals surface area contributed by atoms with Crippen LogP contribution in [-0.2, 0) is 0 Å². The van der Waals surface area contributed by atoms with Gasteiger partial charge in [0.05, 0.1) is 29.7 Å². The Morgan fingerprint density at radius 2 is 2.18 bits per heavy atom. The van der Waals surface area contributed by atoms with Crippen LogP contribution < -0.4 is 11.1 Å². The molecule has 2 aromatic rings. The molecule has 17 heavy (non-hydrogen) atoms. The van der Waals surface area contributed by atoms with Gasteiger partial charge in [-0.15, -0.1) is 0 Å². The number of nitrogens with two attached hydrogens (primary N) is 1. The lowest BCUT2D eigenvalue weighted by Crippen LogP contribution is -1.99. The topological polar surface area (TPSA) is 87.6 Å². The fraction of sp³-hybridized carbons (Fsp3) is 0. The zero-order valence-corrected chi connectivity index (χ0v) is 8.68. The zero-order chi connectivity index (χ0) is 12.3. The lowest BCUT2D eigenvalue weighted by molar-refractivity contribution is 0.631. The average Bonchev–Trinajstić information content (AvgIpc) is 2.32. The summed E-state index contributed by atoms with van der Waals surface area (Å²) >= 11 is 0. The first kappa shape index (κ1) is 10.8. The molecule has 6 heteroatoms. The first-order valence-electron chi connectivity index (χ1n) is 4.73. The Morgan fingerprint density at radius 3 is 2.82 bits per heavy atom. The third kappa shape index (κ3) is 2.46. The van der Waals surface area contributed by atoms with Crippen LogP contribution in [0.2, 0.25) is 0 Å². The molecule has 0 spiro atoms. The number of nitriles is 1. The Kier molecular flexibility index (Phi) is 2.83. The maximum Gasteiger partial charge on any atom is 0.151 e. The number of rotatable bonds is 2. The van der Waals surface area contributed by atoms with Crippen molar-refractivity contribution in [1.29, 1.82) is 5.26 Å². The third-order valence-corrected chi connectivity index (χ3v) is 2.01. The second kappa shape index (κ2) is 4.45. The van der Waals surface area contributed by atoms with Gasteiger partial charge in [-0.05, 0) is 18.2 Å². The van der Waals surface area contributed by atoms with Crippen molar-refractivity contribution >= 4 is 17.3 Å². The summed E-state index contributed by atoms with van der Waals surface area (Å²) in [5.41, 5.74) is 5.91. The highest BCUT2D eigenvalue weighted by molar-refractivity contribution is 5.58. The molecule has 1 aromatic heterocycles. The minimum Gasteiger partial charge on any atom is -0.382 e.